The third-order valence-electron chi connectivity index (χ3n) is 4.51. The summed E-state index contributed by atoms with van der Waals surface area (Å²) in [5.74, 6) is 1.09. The minimum Gasteiger partial charge on any atom is -0.457 e. The van der Waals surface area contributed by atoms with Crippen molar-refractivity contribution < 1.29 is 18.1 Å². The average molecular weight is 393 g/mol. The van der Waals surface area contributed by atoms with Crippen molar-refractivity contribution in [3.63, 3.8) is 0 Å². The molecule has 1 aliphatic rings. The Morgan fingerprint density at radius 1 is 1.00 bits per heavy atom. The van der Waals surface area contributed by atoms with Crippen molar-refractivity contribution in [2.75, 3.05) is 0 Å². The fraction of sp³-hybridized carbons (Fsp3) is 0.333. The summed E-state index contributed by atoms with van der Waals surface area (Å²) in [6.45, 7) is 7.55. The lowest BCUT2D eigenvalue weighted by Crippen LogP contribution is -2.41. The van der Waals surface area contributed by atoms with E-state index >= 15 is 0 Å². The molecule has 0 spiro atoms. The van der Waals surface area contributed by atoms with Gasteiger partial charge in [-0.15, -0.1) is 0 Å². The number of rotatable bonds is 3. The minimum absolute atomic E-state index is 0.417. The van der Waals surface area contributed by atoms with Crippen molar-refractivity contribution in [1.29, 1.82) is 0 Å². The van der Waals surface area contributed by atoms with Crippen molar-refractivity contribution in [1.82, 2.24) is 0 Å². The van der Waals surface area contributed by atoms with Crippen molar-refractivity contribution in [2.45, 2.75) is 38.9 Å². The highest BCUT2D eigenvalue weighted by Gasteiger charge is 2.53. The highest BCUT2D eigenvalue weighted by Crippen LogP contribution is 2.39. The maximum Gasteiger partial charge on any atom is 0.525 e. The zero-order valence-corrected chi connectivity index (χ0v) is 15.7. The van der Waals surface area contributed by atoms with Crippen LogP contribution in [0.2, 0.25) is 0 Å². The standard InChI is InChI=1S/C18H19BBrFO3/c1-17(2)18(3,4)24-19(23-17)16(21)11-14-9-10-15(22-14)12-5-7-13(20)8-6-12/h5-11H,1-4H3. The molecule has 0 aliphatic carbocycles. The van der Waals surface area contributed by atoms with E-state index in [1.807, 2.05) is 58.0 Å². The molecule has 0 N–H and O–H groups in total. The number of hydrogen-bond donors (Lipinski definition) is 0. The molecule has 1 aromatic heterocycles. The van der Waals surface area contributed by atoms with E-state index in [0.717, 1.165) is 10.0 Å². The van der Waals surface area contributed by atoms with Crippen LogP contribution in [0, 0.1) is 0 Å². The van der Waals surface area contributed by atoms with E-state index in [9.17, 15) is 4.39 Å². The topological polar surface area (TPSA) is 31.6 Å². The monoisotopic (exact) mass is 392 g/mol. The second-order valence-electron chi connectivity index (χ2n) is 6.83. The molecule has 2 aromatic rings. The first-order valence-corrected chi connectivity index (χ1v) is 8.56. The summed E-state index contributed by atoms with van der Waals surface area (Å²) < 4.78 is 32.6. The summed E-state index contributed by atoms with van der Waals surface area (Å²) in [5.41, 5.74) is -0.734. The van der Waals surface area contributed by atoms with Gasteiger partial charge in [-0.05, 0) is 52.0 Å². The van der Waals surface area contributed by atoms with Crippen molar-refractivity contribution in [2.24, 2.45) is 0 Å². The molecule has 0 unspecified atom stereocenters. The molecule has 1 fully saturated rings. The second-order valence-corrected chi connectivity index (χ2v) is 7.74. The van der Waals surface area contributed by atoms with Gasteiger partial charge in [0.25, 0.3) is 0 Å². The highest BCUT2D eigenvalue weighted by atomic mass is 79.9. The molecule has 3 rings (SSSR count). The van der Waals surface area contributed by atoms with Gasteiger partial charge in [0.1, 0.15) is 17.2 Å². The molecule has 24 heavy (non-hydrogen) atoms. The van der Waals surface area contributed by atoms with E-state index in [-0.39, 0.29) is 0 Å². The second kappa shape index (κ2) is 6.17. The highest BCUT2D eigenvalue weighted by molar-refractivity contribution is 9.10. The van der Waals surface area contributed by atoms with Crippen LogP contribution < -0.4 is 0 Å². The van der Waals surface area contributed by atoms with Crippen LogP contribution in [0.15, 0.2) is 51.0 Å². The van der Waals surface area contributed by atoms with E-state index in [1.165, 1.54) is 6.08 Å². The normalized spacial score (nSPS) is 19.8. The predicted octanol–water partition coefficient (Wildman–Crippen LogP) is 5.65. The Kier molecular flexibility index (Phi) is 4.49. The number of benzene rings is 1. The van der Waals surface area contributed by atoms with Gasteiger partial charge in [0.15, 0.2) is 0 Å². The van der Waals surface area contributed by atoms with Crippen molar-refractivity contribution in [3.8, 4) is 11.3 Å². The maximum atomic E-state index is 14.5. The van der Waals surface area contributed by atoms with Gasteiger partial charge < -0.3 is 13.7 Å². The van der Waals surface area contributed by atoms with Crippen LogP contribution in [0.3, 0.4) is 0 Å². The Morgan fingerprint density at radius 3 is 2.17 bits per heavy atom. The van der Waals surface area contributed by atoms with Gasteiger partial charge in [0.2, 0.25) is 0 Å². The van der Waals surface area contributed by atoms with Crippen LogP contribution >= 0.6 is 15.9 Å². The van der Waals surface area contributed by atoms with E-state index in [0.29, 0.717) is 11.5 Å². The molecule has 3 nitrogen and oxygen atoms in total. The number of furan rings is 1. The predicted molar refractivity (Wildman–Crippen MR) is 97.0 cm³/mol. The number of hydrogen-bond acceptors (Lipinski definition) is 3. The molecule has 0 bridgehead atoms. The first kappa shape index (κ1) is 17.5. The van der Waals surface area contributed by atoms with E-state index in [2.05, 4.69) is 15.9 Å². The summed E-state index contributed by atoms with van der Waals surface area (Å²) in [4.78, 5) is 0. The van der Waals surface area contributed by atoms with Crippen LogP contribution in [0.4, 0.5) is 4.39 Å². The largest absolute Gasteiger partial charge is 0.525 e. The van der Waals surface area contributed by atoms with E-state index in [1.54, 1.807) is 6.07 Å². The van der Waals surface area contributed by atoms with Gasteiger partial charge in [0.05, 0.1) is 11.2 Å². The van der Waals surface area contributed by atoms with Crippen LogP contribution in [0.5, 0.6) is 0 Å². The van der Waals surface area contributed by atoms with Crippen molar-refractivity contribution >= 4 is 29.1 Å². The van der Waals surface area contributed by atoms with Crippen molar-refractivity contribution in [3.05, 3.63) is 52.4 Å². The third-order valence-corrected chi connectivity index (χ3v) is 5.04. The Balaban J connectivity index is 1.79. The van der Waals surface area contributed by atoms with Gasteiger partial charge in [-0.25, -0.2) is 4.39 Å². The van der Waals surface area contributed by atoms with Gasteiger partial charge in [-0.2, -0.15) is 0 Å². The summed E-state index contributed by atoms with van der Waals surface area (Å²) in [5, 5.41) is 0. The van der Waals surface area contributed by atoms with Gasteiger partial charge in [0, 0.05) is 16.1 Å². The molecule has 6 heteroatoms. The molecule has 0 radical (unpaired) electrons. The molecule has 1 aliphatic heterocycles. The van der Waals surface area contributed by atoms with Gasteiger partial charge >= 0.3 is 7.12 Å². The Hall–Kier alpha value is -1.37. The summed E-state index contributed by atoms with van der Waals surface area (Å²) in [6.07, 6.45) is 1.31. The summed E-state index contributed by atoms with van der Waals surface area (Å²) in [6, 6.07) is 11.3. The van der Waals surface area contributed by atoms with E-state index in [4.69, 9.17) is 13.7 Å². The first-order valence-electron chi connectivity index (χ1n) is 7.76. The quantitative estimate of drug-likeness (QED) is 0.632. The smallest absolute Gasteiger partial charge is 0.457 e. The molecule has 1 aromatic carbocycles. The van der Waals surface area contributed by atoms with Crippen LogP contribution in [0.1, 0.15) is 33.5 Å². The lowest BCUT2D eigenvalue weighted by molar-refractivity contribution is 0.00578. The summed E-state index contributed by atoms with van der Waals surface area (Å²) >= 11 is 3.39. The molecule has 1 saturated heterocycles. The Bertz CT molecular complexity index is 749. The van der Waals surface area contributed by atoms with Crippen LogP contribution in [-0.2, 0) is 9.31 Å². The first-order chi connectivity index (χ1) is 11.2. The van der Waals surface area contributed by atoms with Gasteiger partial charge in [-0.1, -0.05) is 28.1 Å². The molecular formula is C18H19BBrFO3. The molecule has 126 valence electrons. The van der Waals surface area contributed by atoms with Crippen LogP contribution in [-0.4, -0.2) is 18.3 Å². The van der Waals surface area contributed by atoms with Gasteiger partial charge in [-0.3, -0.25) is 0 Å². The zero-order chi connectivity index (χ0) is 17.5. The fourth-order valence-electron chi connectivity index (χ4n) is 2.36. The summed E-state index contributed by atoms with van der Waals surface area (Å²) in [7, 11) is -1.02. The average Bonchev–Trinajstić information content (AvgIpc) is 3.02. The molecule has 0 amide bonds. The molecule has 0 atom stereocenters. The Labute approximate surface area is 150 Å². The van der Waals surface area contributed by atoms with Crippen LogP contribution in [0.25, 0.3) is 17.4 Å². The zero-order valence-electron chi connectivity index (χ0n) is 14.1. The molecule has 0 saturated carbocycles. The SMILES string of the molecule is CC1(C)OB(C(F)=Cc2ccc(-c3ccc(Br)cc3)o2)OC1(C)C. The maximum absolute atomic E-state index is 14.5. The number of halogens is 2. The lowest BCUT2D eigenvalue weighted by atomic mass is 9.87. The lowest BCUT2D eigenvalue weighted by Gasteiger charge is -2.32. The fourth-order valence-corrected chi connectivity index (χ4v) is 2.62. The van der Waals surface area contributed by atoms with E-state index < -0.39 is 24.0 Å². The molecular weight excluding hydrogens is 374 g/mol. The minimum atomic E-state index is -1.02. The molecule has 2 heterocycles. The third kappa shape index (κ3) is 3.36. The Morgan fingerprint density at radius 2 is 1.58 bits per heavy atom.